The molecule has 0 amide bonds. The molecule has 0 aliphatic heterocycles. The van der Waals surface area contributed by atoms with E-state index in [1.807, 2.05) is 0 Å². The fourth-order valence-corrected chi connectivity index (χ4v) is 9.00. The molecule has 0 saturated heterocycles. The van der Waals surface area contributed by atoms with Gasteiger partial charge in [-0.2, -0.15) is 0 Å². The molecule has 0 bridgehead atoms. The highest BCUT2D eigenvalue weighted by atomic mass is 15.0. The predicted molar refractivity (Wildman–Crippen MR) is 213 cm³/mol. The fraction of sp³-hybridized carbons (Fsp3) is 0.167. The average molecular weight is 645 g/mol. The highest BCUT2D eigenvalue weighted by Gasteiger charge is 2.38. The number of aromatic nitrogens is 2. The van der Waals surface area contributed by atoms with Gasteiger partial charge in [0.05, 0.1) is 27.8 Å². The molecular formula is C48H40N2. The molecule has 2 aromatic heterocycles. The molecule has 0 atom stereocenters. The zero-order chi connectivity index (χ0) is 33.8. The van der Waals surface area contributed by atoms with Gasteiger partial charge in [-0.15, -0.1) is 0 Å². The molecule has 0 saturated carbocycles. The number of hydrogen-bond donors (Lipinski definition) is 0. The van der Waals surface area contributed by atoms with Crippen LogP contribution in [0.25, 0.3) is 76.9 Å². The molecule has 7 aromatic carbocycles. The van der Waals surface area contributed by atoms with Crippen LogP contribution in [0.1, 0.15) is 51.7 Å². The zero-order valence-corrected chi connectivity index (χ0v) is 29.2. The van der Waals surface area contributed by atoms with Crippen LogP contribution in [0.2, 0.25) is 0 Å². The van der Waals surface area contributed by atoms with Gasteiger partial charge < -0.3 is 9.13 Å². The first-order chi connectivity index (χ1) is 24.3. The third-order valence-electron chi connectivity index (χ3n) is 11.8. The van der Waals surface area contributed by atoms with Crippen molar-refractivity contribution >= 4 is 54.4 Å². The molecule has 2 heteroatoms. The molecular weight excluding hydrogens is 605 g/mol. The quantitative estimate of drug-likeness (QED) is 0.181. The maximum Gasteiger partial charge on any atom is 0.0549 e. The van der Waals surface area contributed by atoms with Crippen molar-refractivity contribution in [2.75, 3.05) is 0 Å². The van der Waals surface area contributed by atoms with E-state index in [0.29, 0.717) is 0 Å². The van der Waals surface area contributed by atoms with Crippen LogP contribution >= 0.6 is 0 Å². The Balaban J connectivity index is 1.43. The first-order valence-corrected chi connectivity index (χ1v) is 18.0. The third kappa shape index (κ3) is 4.15. The second-order valence-corrected chi connectivity index (χ2v) is 15.6. The van der Waals surface area contributed by atoms with Crippen molar-refractivity contribution in [2.45, 2.75) is 51.4 Å². The van der Waals surface area contributed by atoms with Gasteiger partial charge in [0.15, 0.2) is 0 Å². The van der Waals surface area contributed by atoms with Crippen LogP contribution in [-0.4, -0.2) is 9.13 Å². The number of benzene rings is 7. The Morgan fingerprint density at radius 1 is 0.440 bits per heavy atom. The summed E-state index contributed by atoms with van der Waals surface area (Å²) in [7, 11) is 0. The number of para-hydroxylation sites is 2. The van der Waals surface area contributed by atoms with Gasteiger partial charge in [-0.3, -0.25) is 0 Å². The van der Waals surface area contributed by atoms with E-state index in [2.05, 4.69) is 182 Å². The molecule has 9 aromatic rings. The van der Waals surface area contributed by atoms with Gasteiger partial charge in [-0.05, 0) is 99.7 Å². The zero-order valence-electron chi connectivity index (χ0n) is 29.2. The second kappa shape index (κ2) is 10.5. The van der Waals surface area contributed by atoms with E-state index in [1.54, 1.807) is 0 Å². The molecule has 242 valence electrons. The van der Waals surface area contributed by atoms with Gasteiger partial charge in [0.1, 0.15) is 0 Å². The Morgan fingerprint density at radius 2 is 1.02 bits per heavy atom. The van der Waals surface area contributed by atoms with Crippen molar-refractivity contribution in [1.82, 2.24) is 9.13 Å². The van der Waals surface area contributed by atoms with E-state index in [9.17, 15) is 0 Å². The van der Waals surface area contributed by atoms with Crippen LogP contribution in [0.5, 0.6) is 0 Å². The van der Waals surface area contributed by atoms with E-state index in [1.165, 1.54) is 101 Å². The third-order valence-corrected chi connectivity index (χ3v) is 11.8. The van der Waals surface area contributed by atoms with Gasteiger partial charge in [0.2, 0.25) is 0 Å². The largest absolute Gasteiger partial charge is 0.309 e. The molecule has 0 spiro atoms. The first kappa shape index (κ1) is 29.3. The summed E-state index contributed by atoms with van der Waals surface area (Å²) < 4.78 is 5.05. The van der Waals surface area contributed by atoms with Crippen molar-refractivity contribution in [3.05, 3.63) is 157 Å². The second-order valence-electron chi connectivity index (χ2n) is 15.6. The normalized spacial score (nSPS) is 15.4. The Morgan fingerprint density at radius 3 is 1.80 bits per heavy atom. The summed E-state index contributed by atoms with van der Waals surface area (Å²) >= 11 is 0. The lowest BCUT2D eigenvalue weighted by molar-refractivity contribution is 0.332. The van der Waals surface area contributed by atoms with Crippen LogP contribution in [0, 0.1) is 0 Å². The standard InChI is InChI=1S/C48H40N2/c1-47(2)25-26-48(3,4)40-30-45-36(27-39(40)47)37-28-44-38(29-43(37)50(45)41-22-14-13-20-34(41)31-15-7-5-8-16-31)46-35-21-12-11-17-32(35)23-24-42(46)49(44)33-18-9-6-10-19-33/h5-24,27-30H,25-26H2,1-4H3. The Labute approximate surface area is 293 Å². The van der Waals surface area contributed by atoms with E-state index in [-0.39, 0.29) is 10.8 Å². The smallest absolute Gasteiger partial charge is 0.0549 e. The lowest BCUT2D eigenvalue weighted by atomic mass is 9.63. The summed E-state index contributed by atoms with van der Waals surface area (Å²) in [4.78, 5) is 0. The molecule has 0 radical (unpaired) electrons. The van der Waals surface area contributed by atoms with Crippen LogP contribution < -0.4 is 0 Å². The van der Waals surface area contributed by atoms with Gasteiger partial charge >= 0.3 is 0 Å². The van der Waals surface area contributed by atoms with Crippen molar-refractivity contribution in [3.8, 4) is 22.5 Å². The Hall–Kier alpha value is -5.60. The number of fused-ring (bicyclic) bond motifs is 9. The van der Waals surface area contributed by atoms with E-state index >= 15 is 0 Å². The molecule has 2 nitrogen and oxygen atoms in total. The highest BCUT2D eigenvalue weighted by molar-refractivity contribution is 6.25. The lowest BCUT2D eigenvalue weighted by Crippen LogP contribution is -2.33. The van der Waals surface area contributed by atoms with Crippen molar-refractivity contribution in [2.24, 2.45) is 0 Å². The predicted octanol–water partition coefficient (Wildman–Crippen LogP) is 13.0. The summed E-state index contributed by atoms with van der Waals surface area (Å²) in [6, 6.07) is 54.2. The molecule has 1 aliphatic carbocycles. The SMILES string of the molecule is CC1(C)CCC(C)(C)c2cc3c(cc21)c1cc2c(cc1n3-c1ccccc1-c1ccccc1)c1c3ccccc3ccc1n2-c1ccccc1. The minimum atomic E-state index is 0.100. The average Bonchev–Trinajstić information content (AvgIpc) is 3.64. The van der Waals surface area contributed by atoms with Crippen LogP contribution in [0.15, 0.2) is 146 Å². The van der Waals surface area contributed by atoms with Crippen LogP contribution in [0.3, 0.4) is 0 Å². The van der Waals surface area contributed by atoms with Crippen LogP contribution in [-0.2, 0) is 10.8 Å². The Kier molecular flexibility index (Phi) is 6.13. The molecule has 50 heavy (non-hydrogen) atoms. The van der Waals surface area contributed by atoms with Gasteiger partial charge in [-0.1, -0.05) is 125 Å². The maximum absolute atomic E-state index is 2.57. The summed E-state index contributed by atoms with van der Waals surface area (Å²) in [6.07, 6.45) is 2.37. The fourth-order valence-electron chi connectivity index (χ4n) is 9.00. The van der Waals surface area contributed by atoms with Gasteiger partial charge in [0.25, 0.3) is 0 Å². The highest BCUT2D eigenvalue weighted by Crippen LogP contribution is 2.50. The molecule has 2 heterocycles. The minimum Gasteiger partial charge on any atom is -0.309 e. The Bertz CT molecular complexity index is 2790. The topological polar surface area (TPSA) is 9.86 Å². The minimum absolute atomic E-state index is 0.100. The number of nitrogens with zero attached hydrogens (tertiary/aromatic N) is 2. The first-order valence-electron chi connectivity index (χ1n) is 18.0. The monoisotopic (exact) mass is 644 g/mol. The van der Waals surface area contributed by atoms with Crippen LogP contribution in [0.4, 0.5) is 0 Å². The van der Waals surface area contributed by atoms with E-state index < -0.39 is 0 Å². The molecule has 0 N–H and O–H groups in total. The molecule has 0 unspecified atom stereocenters. The number of hydrogen-bond acceptors (Lipinski definition) is 0. The van der Waals surface area contributed by atoms with E-state index in [4.69, 9.17) is 0 Å². The van der Waals surface area contributed by atoms with Crippen molar-refractivity contribution in [1.29, 1.82) is 0 Å². The molecule has 1 aliphatic rings. The van der Waals surface area contributed by atoms with E-state index in [0.717, 1.165) is 0 Å². The summed E-state index contributed by atoms with van der Waals surface area (Å²) in [6.45, 7) is 9.75. The summed E-state index contributed by atoms with van der Waals surface area (Å²) in [5, 5.41) is 7.75. The lowest BCUT2D eigenvalue weighted by Gasteiger charge is -2.42. The summed E-state index contributed by atoms with van der Waals surface area (Å²) in [5.74, 6) is 0. The molecule has 10 rings (SSSR count). The summed E-state index contributed by atoms with van der Waals surface area (Å²) in [5.41, 5.74) is 13.0. The van der Waals surface area contributed by atoms with Crippen molar-refractivity contribution in [3.63, 3.8) is 0 Å². The maximum atomic E-state index is 2.57. The molecule has 0 fully saturated rings. The van der Waals surface area contributed by atoms with Gasteiger partial charge in [-0.25, -0.2) is 0 Å². The van der Waals surface area contributed by atoms with Crippen molar-refractivity contribution < 1.29 is 0 Å². The van der Waals surface area contributed by atoms with Gasteiger partial charge in [0, 0.05) is 32.8 Å². The number of rotatable bonds is 3.